The molecule has 0 saturated carbocycles. The predicted molar refractivity (Wildman–Crippen MR) is 107 cm³/mol. The lowest BCUT2D eigenvalue weighted by Crippen LogP contribution is -2.60. The summed E-state index contributed by atoms with van der Waals surface area (Å²) in [5, 5.41) is 26.1. The standard InChI is InChI=1S/C17H32N4O6S/c1-7(2)11(18)15(24)21-13(9(5)22)16(25)19-10(6-28)14(23)20-12(8(3)4)17(26)27/h7-13,22,28H,6,18H2,1-5H3,(H,19,25)(H,20,23)(H,21,24)(H,26,27). The Hall–Kier alpha value is -1.85. The largest absolute Gasteiger partial charge is 0.480 e. The van der Waals surface area contributed by atoms with Gasteiger partial charge in [-0.2, -0.15) is 12.6 Å². The van der Waals surface area contributed by atoms with Crippen LogP contribution in [0.5, 0.6) is 0 Å². The van der Waals surface area contributed by atoms with Crippen LogP contribution in [0, 0.1) is 11.8 Å². The summed E-state index contributed by atoms with van der Waals surface area (Å²) in [4.78, 5) is 48.2. The molecule has 162 valence electrons. The normalized spacial score (nSPS) is 16.6. The van der Waals surface area contributed by atoms with E-state index < -0.39 is 54.0 Å². The number of carboxylic acids is 1. The Morgan fingerprint density at radius 2 is 1.36 bits per heavy atom. The monoisotopic (exact) mass is 420 g/mol. The highest BCUT2D eigenvalue weighted by atomic mass is 32.1. The third kappa shape index (κ3) is 8.03. The van der Waals surface area contributed by atoms with Crippen molar-refractivity contribution < 1.29 is 29.4 Å². The van der Waals surface area contributed by atoms with Crippen LogP contribution >= 0.6 is 12.6 Å². The first-order chi connectivity index (χ1) is 12.8. The number of aliphatic hydroxyl groups is 1. The number of carboxylic acid groups (broad SMARTS) is 1. The number of aliphatic hydroxyl groups excluding tert-OH is 1. The van der Waals surface area contributed by atoms with Crippen LogP contribution in [0.15, 0.2) is 0 Å². The van der Waals surface area contributed by atoms with Gasteiger partial charge in [0.1, 0.15) is 18.1 Å². The lowest BCUT2D eigenvalue weighted by atomic mass is 10.0. The van der Waals surface area contributed by atoms with Crippen molar-refractivity contribution in [2.24, 2.45) is 17.6 Å². The van der Waals surface area contributed by atoms with Gasteiger partial charge in [0.15, 0.2) is 0 Å². The second-order valence-electron chi connectivity index (χ2n) is 7.31. The van der Waals surface area contributed by atoms with E-state index in [2.05, 4.69) is 28.6 Å². The van der Waals surface area contributed by atoms with Gasteiger partial charge in [-0.1, -0.05) is 27.7 Å². The highest BCUT2D eigenvalue weighted by Crippen LogP contribution is 2.04. The van der Waals surface area contributed by atoms with Crippen molar-refractivity contribution in [1.29, 1.82) is 0 Å². The van der Waals surface area contributed by atoms with Gasteiger partial charge in [-0.3, -0.25) is 14.4 Å². The van der Waals surface area contributed by atoms with E-state index in [1.54, 1.807) is 27.7 Å². The average Bonchev–Trinajstić information content (AvgIpc) is 2.59. The highest BCUT2D eigenvalue weighted by Gasteiger charge is 2.32. The summed E-state index contributed by atoms with van der Waals surface area (Å²) in [7, 11) is 0. The Labute approximate surface area is 170 Å². The van der Waals surface area contributed by atoms with E-state index in [1.807, 2.05) is 0 Å². The number of amides is 3. The molecule has 5 unspecified atom stereocenters. The van der Waals surface area contributed by atoms with Crippen LogP contribution in [0.25, 0.3) is 0 Å². The number of carbonyl (C=O) groups excluding carboxylic acids is 3. The quantitative estimate of drug-likeness (QED) is 0.199. The van der Waals surface area contributed by atoms with Crippen molar-refractivity contribution in [2.45, 2.75) is 64.9 Å². The molecule has 0 aromatic carbocycles. The van der Waals surface area contributed by atoms with Crippen LogP contribution in [0.1, 0.15) is 34.6 Å². The molecule has 0 aromatic rings. The minimum absolute atomic E-state index is 0.117. The van der Waals surface area contributed by atoms with E-state index >= 15 is 0 Å². The fourth-order valence-electron chi connectivity index (χ4n) is 2.18. The Kier molecular flexibility index (Phi) is 11.1. The fourth-order valence-corrected chi connectivity index (χ4v) is 2.44. The van der Waals surface area contributed by atoms with Gasteiger partial charge in [0, 0.05) is 5.75 Å². The van der Waals surface area contributed by atoms with Crippen molar-refractivity contribution >= 4 is 36.3 Å². The van der Waals surface area contributed by atoms with Crippen molar-refractivity contribution in [3.63, 3.8) is 0 Å². The van der Waals surface area contributed by atoms with Gasteiger partial charge in [0.25, 0.3) is 0 Å². The van der Waals surface area contributed by atoms with Crippen LogP contribution in [0.3, 0.4) is 0 Å². The number of nitrogens with one attached hydrogen (secondary N) is 3. The third-order valence-corrected chi connectivity index (χ3v) is 4.49. The van der Waals surface area contributed by atoms with E-state index in [4.69, 9.17) is 5.73 Å². The maximum Gasteiger partial charge on any atom is 0.326 e. The maximum atomic E-state index is 12.5. The van der Waals surface area contributed by atoms with Gasteiger partial charge in [0.05, 0.1) is 12.1 Å². The summed E-state index contributed by atoms with van der Waals surface area (Å²) in [6.45, 7) is 8.03. The molecule has 11 heteroatoms. The summed E-state index contributed by atoms with van der Waals surface area (Å²) in [6, 6.07) is -4.51. The summed E-state index contributed by atoms with van der Waals surface area (Å²) in [5.41, 5.74) is 5.74. The Balaban J connectivity index is 5.18. The molecule has 0 aliphatic heterocycles. The van der Waals surface area contributed by atoms with Crippen molar-refractivity contribution in [3.8, 4) is 0 Å². The number of hydrogen-bond donors (Lipinski definition) is 7. The van der Waals surface area contributed by atoms with Crippen molar-refractivity contribution in [1.82, 2.24) is 16.0 Å². The minimum atomic E-state index is -1.34. The Morgan fingerprint density at radius 1 is 0.857 bits per heavy atom. The molecule has 7 N–H and O–H groups in total. The van der Waals surface area contributed by atoms with E-state index in [0.29, 0.717) is 0 Å². The van der Waals surface area contributed by atoms with E-state index in [-0.39, 0.29) is 17.6 Å². The van der Waals surface area contributed by atoms with Gasteiger partial charge in [-0.15, -0.1) is 0 Å². The Bertz CT molecular complexity index is 570. The number of aliphatic carboxylic acids is 1. The molecule has 0 saturated heterocycles. The first-order valence-electron chi connectivity index (χ1n) is 9.01. The van der Waals surface area contributed by atoms with Crippen LogP contribution in [0.4, 0.5) is 0 Å². The SMILES string of the molecule is CC(C)C(N)C(=O)NC(C(=O)NC(CS)C(=O)NC(C(=O)O)C(C)C)C(C)O. The molecule has 0 radical (unpaired) electrons. The highest BCUT2D eigenvalue weighted by molar-refractivity contribution is 7.80. The molecule has 0 aliphatic carbocycles. The summed E-state index contributed by atoms with van der Waals surface area (Å²) < 4.78 is 0. The molecule has 28 heavy (non-hydrogen) atoms. The van der Waals surface area contributed by atoms with Crippen LogP contribution < -0.4 is 21.7 Å². The lowest BCUT2D eigenvalue weighted by Gasteiger charge is -2.26. The average molecular weight is 421 g/mol. The number of carbonyl (C=O) groups is 4. The molecule has 0 heterocycles. The molecule has 0 rings (SSSR count). The zero-order valence-electron chi connectivity index (χ0n) is 16.8. The molecule has 0 aliphatic rings. The van der Waals surface area contributed by atoms with Gasteiger partial charge < -0.3 is 31.9 Å². The molecule has 3 amide bonds. The van der Waals surface area contributed by atoms with E-state index in [1.165, 1.54) is 6.92 Å². The molecule has 0 fully saturated rings. The van der Waals surface area contributed by atoms with E-state index in [9.17, 15) is 29.4 Å². The second-order valence-corrected chi connectivity index (χ2v) is 7.67. The zero-order chi connectivity index (χ0) is 22.2. The number of thiol groups is 1. The molecular weight excluding hydrogens is 388 g/mol. The topological polar surface area (TPSA) is 171 Å². The molecule has 0 bridgehead atoms. The summed E-state index contributed by atoms with van der Waals surface area (Å²) >= 11 is 4.01. The predicted octanol–water partition coefficient (Wildman–Crippen LogP) is -1.52. The third-order valence-electron chi connectivity index (χ3n) is 4.13. The molecule has 5 atom stereocenters. The Morgan fingerprint density at radius 3 is 1.71 bits per heavy atom. The molecule has 0 spiro atoms. The van der Waals surface area contributed by atoms with Crippen molar-refractivity contribution in [3.05, 3.63) is 0 Å². The number of rotatable bonds is 11. The second kappa shape index (κ2) is 11.9. The van der Waals surface area contributed by atoms with Gasteiger partial charge >= 0.3 is 5.97 Å². The summed E-state index contributed by atoms with van der Waals surface area (Å²) in [6.07, 6.45) is -1.26. The van der Waals surface area contributed by atoms with Gasteiger partial charge in [0.2, 0.25) is 17.7 Å². The first kappa shape index (κ1) is 26.1. The zero-order valence-corrected chi connectivity index (χ0v) is 17.7. The number of hydrogen-bond acceptors (Lipinski definition) is 7. The van der Waals surface area contributed by atoms with Crippen LogP contribution in [-0.2, 0) is 19.2 Å². The molecular formula is C17H32N4O6S. The van der Waals surface area contributed by atoms with Crippen LogP contribution in [0.2, 0.25) is 0 Å². The van der Waals surface area contributed by atoms with Crippen molar-refractivity contribution in [2.75, 3.05) is 5.75 Å². The van der Waals surface area contributed by atoms with Crippen LogP contribution in [-0.4, -0.2) is 69.9 Å². The molecule has 0 aromatic heterocycles. The van der Waals surface area contributed by atoms with Gasteiger partial charge in [-0.25, -0.2) is 4.79 Å². The number of nitrogens with two attached hydrogens (primary N) is 1. The smallest absolute Gasteiger partial charge is 0.326 e. The molecule has 10 nitrogen and oxygen atoms in total. The minimum Gasteiger partial charge on any atom is -0.480 e. The fraction of sp³-hybridized carbons (Fsp3) is 0.765. The lowest BCUT2D eigenvalue weighted by molar-refractivity contribution is -0.143. The van der Waals surface area contributed by atoms with Gasteiger partial charge in [-0.05, 0) is 18.8 Å². The maximum absolute atomic E-state index is 12.5. The van der Waals surface area contributed by atoms with E-state index in [0.717, 1.165) is 0 Å². The summed E-state index contributed by atoms with van der Waals surface area (Å²) in [5.74, 6) is -4.05. The first-order valence-corrected chi connectivity index (χ1v) is 9.65.